The number of rotatable bonds is 7. The topological polar surface area (TPSA) is 96.3 Å². The van der Waals surface area contributed by atoms with Crippen LogP contribution in [0.15, 0.2) is 76.3 Å². The zero-order chi connectivity index (χ0) is 28.8. The van der Waals surface area contributed by atoms with Crippen LogP contribution in [0.25, 0.3) is 10.8 Å². The van der Waals surface area contributed by atoms with Crippen LogP contribution in [0, 0.1) is 13.8 Å². The maximum absolute atomic E-state index is 13.8. The molecule has 0 aliphatic carbocycles. The Hall–Kier alpha value is -3.28. The van der Waals surface area contributed by atoms with Gasteiger partial charge in [0.1, 0.15) is 0 Å². The molecule has 3 heterocycles. The summed E-state index contributed by atoms with van der Waals surface area (Å²) in [4.78, 5) is 33.3. The number of ketones is 1. The van der Waals surface area contributed by atoms with Crippen LogP contribution in [0.3, 0.4) is 0 Å². The minimum atomic E-state index is -1.04. The van der Waals surface area contributed by atoms with E-state index >= 15 is 0 Å². The molecular formula is C29H20Cl2N4O3S3. The van der Waals surface area contributed by atoms with Gasteiger partial charge in [0.2, 0.25) is 10.9 Å². The molecule has 12 heteroatoms. The van der Waals surface area contributed by atoms with Crippen LogP contribution < -0.4 is 4.90 Å². The molecule has 2 aromatic heterocycles. The monoisotopic (exact) mass is 638 g/mol. The SMILES string of the molecule is Cc1nc(C)c(C(=O)C2=C(O)C(=O)N(c3nnc(SCc4cccc5ccccc45)s3)C2c2ccc(Cl)cc2Cl)s1. The lowest BCUT2D eigenvalue weighted by Gasteiger charge is -2.24. The van der Waals surface area contributed by atoms with E-state index in [1.54, 1.807) is 26.0 Å². The zero-order valence-electron chi connectivity index (χ0n) is 21.6. The molecule has 41 heavy (non-hydrogen) atoms. The highest BCUT2D eigenvalue weighted by molar-refractivity contribution is 8.00. The molecule has 1 unspecified atom stereocenters. The number of anilines is 1. The second-order valence-electron chi connectivity index (χ2n) is 9.26. The number of thioether (sulfide) groups is 1. The molecule has 0 spiro atoms. The number of benzene rings is 3. The summed E-state index contributed by atoms with van der Waals surface area (Å²) >= 11 is 16.7. The van der Waals surface area contributed by atoms with Crippen molar-refractivity contribution >= 4 is 85.2 Å². The molecule has 0 radical (unpaired) electrons. The van der Waals surface area contributed by atoms with E-state index in [-0.39, 0.29) is 15.7 Å². The Bertz CT molecular complexity index is 1880. The van der Waals surface area contributed by atoms with Crippen molar-refractivity contribution in [2.24, 2.45) is 0 Å². The molecule has 5 aromatic rings. The summed E-state index contributed by atoms with van der Waals surface area (Å²) in [6.45, 7) is 3.51. The van der Waals surface area contributed by atoms with Crippen molar-refractivity contribution in [1.82, 2.24) is 15.2 Å². The van der Waals surface area contributed by atoms with E-state index in [2.05, 4.69) is 39.4 Å². The first-order valence-corrected chi connectivity index (χ1v) is 15.7. The van der Waals surface area contributed by atoms with Crippen molar-refractivity contribution in [3.63, 3.8) is 0 Å². The lowest BCUT2D eigenvalue weighted by atomic mass is 9.95. The van der Waals surface area contributed by atoms with Gasteiger partial charge in [-0.05, 0) is 47.9 Å². The number of carbonyl (C=O) groups is 2. The van der Waals surface area contributed by atoms with Gasteiger partial charge in [0.05, 0.1) is 27.2 Å². The molecule has 6 rings (SSSR count). The molecule has 1 aliphatic rings. The van der Waals surface area contributed by atoms with Crippen LogP contribution in [0.5, 0.6) is 0 Å². The van der Waals surface area contributed by atoms with Crippen LogP contribution in [-0.4, -0.2) is 32.0 Å². The highest BCUT2D eigenvalue weighted by atomic mass is 35.5. The van der Waals surface area contributed by atoms with Crippen molar-refractivity contribution in [1.29, 1.82) is 0 Å². The van der Waals surface area contributed by atoms with Crippen molar-refractivity contribution in [2.75, 3.05) is 4.90 Å². The van der Waals surface area contributed by atoms with Crippen molar-refractivity contribution in [2.45, 2.75) is 30.0 Å². The molecule has 1 aliphatic heterocycles. The van der Waals surface area contributed by atoms with E-state index in [1.807, 2.05) is 18.2 Å². The minimum absolute atomic E-state index is 0.0915. The fourth-order valence-electron chi connectivity index (χ4n) is 4.83. The standard InChI is InChI=1S/C29H20Cl2N4O3S3/c1-14-26(40-15(2)32-14)24(36)22-23(20-11-10-18(30)12-21(20)31)35(27(38)25(22)37)28-33-34-29(41-28)39-13-17-8-5-7-16-6-3-4-9-19(16)17/h3-12,23,37H,13H2,1-2H3. The first kappa shape index (κ1) is 27.9. The molecule has 0 fully saturated rings. The number of halogens is 2. The number of hydrogen-bond acceptors (Lipinski definition) is 9. The van der Waals surface area contributed by atoms with Crippen LogP contribution in [0.2, 0.25) is 10.0 Å². The Kier molecular flexibility index (Phi) is 7.60. The molecule has 0 saturated heterocycles. The van der Waals surface area contributed by atoms with Crippen molar-refractivity contribution in [3.05, 3.63) is 109 Å². The van der Waals surface area contributed by atoms with E-state index in [0.717, 1.165) is 16.3 Å². The molecule has 3 aromatic carbocycles. The maximum Gasteiger partial charge on any atom is 0.296 e. The quantitative estimate of drug-likeness (QED) is 0.109. The number of carbonyl (C=O) groups excluding carboxylic acids is 2. The lowest BCUT2D eigenvalue weighted by molar-refractivity contribution is -0.117. The molecule has 7 nitrogen and oxygen atoms in total. The van der Waals surface area contributed by atoms with E-state index in [9.17, 15) is 14.7 Å². The minimum Gasteiger partial charge on any atom is -0.503 e. The summed E-state index contributed by atoms with van der Waals surface area (Å²) in [5.74, 6) is -1.26. The Balaban J connectivity index is 1.36. The second kappa shape index (κ2) is 11.2. The first-order chi connectivity index (χ1) is 19.7. The largest absolute Gasteiger partial charge is 0.503 e. The Labute approximate surface area is 257 Å². The Morgan fingerprint density at radius 2 is 1.83 bits per heavy atom. The number of aromatic nitrogens is 3. The number of thiazole rings is 1. The molecule has 0 saturated carbocycles. The molecule has 1 amide bonds. The van der Waals surface area contributed by atoms with Gasteiger partial charge in [0, 0.05) is 15.8 Å². The molecular weight excluding hydrogens is 619 g/mol. The van der Waals surface area contributed by atoms with E-state index in [4.69, 9.17) is 23.2 Å². The van der Waals surface area contributed by atoms with Crippen LogP contribution in [0.4, 0.5) is 5.13 Å². The van der Waals surface area contributed by atoms with Gasteiger partial charge in [-0.3, -0.25) is 14.5 Å². The first-order valence-electron chi connectivity index (χ1n) is 12.4. The third-order valence-electron chi connectivity index (χ3n) is 6.65. The molecule has 1 N–H and O–H groups in total. The van der Waals surface area contributed by atoms with Crippen LogP contribution in [0.1, 0.15) is 37.5 Å². The highest BCUT2D eigenvalue weighted by Gasteiger charge is 2.47. The third kappa shape index (κ3) is 5.15. The summed E-state index contributed by atoms with van der Waals surface area (Å²) < 4.78 is 0.634. The van der Waals surface area contributed by atoms with Gasteiger partial charge in [-0.25, -0.2) is 4.98 Å². The number of aryl methyl sites for hydroxylation is 2. The lowest BCUT2D eigenvalue weighted by Crippen LogP contribution is -2.31. The van der Waals surface area contributed by atoms with Gasteiger partial charge < -0.3 is 5.11 Å². The average Bonchev–Trinajstić information content (AvgIpc) is 3.62. The number of fused-ring (bicyclic) bond motifs is 1. The summed E-state index contributed by atoms with van der Waals surface area (Å²) in [6, 6.07) is 18.1. The Morgan fingerprint density at radius 1 is 1.05 bits per heavy atom. The van der Waals surface area contributed by atoms with Gasteiger partial charge in [-0.1, -0.05) is 94.8 Å². The predicted molar refractivity (Wildman–Crippen MR) is 166 cm³/mol. The number of aliphatic hydroxyl groups excluding tert-OH is 1. The normalized spacial score (nSPS) is 15.4. The molecule has 0 bridgehead atoms. The molecule has 206 valence electrons. The smallest absolute Gasteiger partial charge is 0.296 e. The Morgan fingerprint density at radius 3 is 2.59 bits per heavy atom. The van der Waals surface area contributed by atoms with Gasteiger partial charge >= 0.3 is 0 Å². The fourth-order valence-corrected chi connectivity index (χ4v) is 8.09. The number of Topliss-reactive ketones (excluding diaryl/α,β-unsaturated/α-hetero) is 1. The molecule has 1 atom stereocenters. The van der Waals surface area contributed by atoms with Crippen molar-refractivity contribution < 1.29 is 14.7 Å². The van der Waals surface area contributed by atoms with E-state index in [0.29, 0.717) is 36.3 Å². The van der Waals surface area contributed by atoms with Gasteiger partial charge in [0.15, 0.2) is 10.1 Å². The number of aliphatic hydroxyl groups is 1. The van der Waals surface area contributed by atoms with Gasteiger partial charge in [0.25, 0.3) is 5.91 Å². The van der Waals surface area contributed by atoms with E-state index in [1.165, 1.54) is 45.4 Å². The van der Waals surface area contributed by atoms with Crippen LogP contribution >= 0.6 is 57.6 Å². The average molecular weight is 640 g/mol. The van der Waals surface area contributed by atoms with Crippen LogP contribution in [-0.2, 0) is 10.5 Å². The number of nitrogens with zero attached hydrogens (tertiary/aromatic N) is 4. The number of hydrogen-bond donors (Lipinski definition) is 1. The second-order valence-corrected chi connectivity index (χ2v) is 13.5. The summed E-state index contributed by atoms with van der Waals surface area (Å²) in [5, 5.41) is 23.6. The van der Waals surface area contributed by atoms with Crippen molar-refractivity contribution in [3.8, 4) is 0 Å². The predicted octanol–water partition coefficient (Wildman–Crippen LogP) is 8.15. The maximum atomic E-state index is 13.8. The summed E-state index contributed by atoms with van der Waals surface area (Å²) in [7, 11) is 0. The highest BCUT2D eigenvalue weighted by Crippen LogP contribution is 2.46. The summed E-state index contributed by atoms with van der Waals surface area (Å²) in [5.41, 5.74) is 2.00. The third-order valence-corrected chi connectivity index (χ3v) is 10.4. The zero-order valence-corrected chi connectivity index (χ0v) is 25.6. The van der Waals surface area contributed by atoms with Gasteiger partial charge in [-0.2, -0.15) is 0 Å². The van der Waals surface area contributed by atoms with E-state index < -0.39 is 23.5 Å². The number of amides is 1. The summed E-state index contributed by atoms with van der Waals surface area (Å²) in [6.07, 6.45) is 0. The van der Waals surface area contributed by atoms with Gasteiger partial charge in [-0.15, -0.1) is 21.5 Å². The fraction of sp³-hybridized carbons (Fsp3) is 0.138.